The molecule has 2 rings (SSSR count). The van der Waals surface area contributed by atoms with Gasteiger partial charge in [0.2, 0.25) is 5.88 Å². The van der Waals surface area contributed by atoms with Gasteiger partial charge in [-0.3, -0.25) is 0 Å². The van der Waals surface area contributed by atoms with Crippen molar-refractivity contribution in [2.75, 3.05) is 13.7 Å². The Morgan fingerprint density at radius 2 is 2.37 bits per heavy atom. The van der Waals surface area contributed by atoms with Crippen molar-refractivity contribution in [3.8, 4) is 5.88 Å². The minimum absolute atomic E-state index is 0.168. The van der Waals surface area contributed by atoms with E-state index in [2.05, 4.69) is 11.9 Å². The average Bonchev–Trinajstić information content (AvgIpc) is 2.45. The van der Waals surface area contributed by atoms with Crippen LogP contribution in [0.25, 0.3) is 0 Å². The zero-order valence-electron chi connectivity index (χ0n) is 11.9. The SMILES string of the molecule is COc1ncccc1COC1(CN)CCCC(C)C1. The van der Waals surface area contributed by atoms with Crippen molar-refractivity contribution in [3.63, 3.8) is 0 Å². The lowest BCUT2D eigenvalue weighted by molar-refractivity contribution is -0.0845. The topological polar surface area (TPSA) is 57.4 Å². The second kappa shape index (κ2) is 6.35. The van der Waals surface area contributed by atoms with E-state index in [1.165, 1.54) is 12.8 Å². The van der Waals surface area contributed by atoms with Crippen molar-refractivity contribution >= 4 is 0 Å². The summed E-state index contributed by atoms with van der Waals surface area (Å²) >= 11 is 0. The molecule has 106 valence electrons. The zero-order chi connectivity index (χ0) is 13.7. The third-order valence-electron chi connectivity index (χ3n) is 4.00. The number of nitrogens with two attached hydrogens (primary N) is 1. The Morgan fingerprint density at radius 1 is 1.53 bits per heavy atom. The van der Waals surface area contributed by atoms with Crippen LogP contribution < -0.4 is 10.5 Å². The Bertz CT molecular complexity index is 411. The Hall–Kier alpha value is -1.13. The average molecular weight is 264 g/mol. The van der Waals surface area contributed by atoms with E-state index in [1.807, 2.05) is 12.1 Å². The number of methoxy groups -OCH3 is 1. The molecule has 1 aromatic heterocycles. The number of rotatable bonds is 5. The Morgan fingerprint density at radius 3 is 3.05 bits per heavy atom. The molecule has 4 heteroatoms. The van der Waals surface area contributed by atoms with Gasteiger partial charge >= 0.3 is 0 Å². The first-order valence-corrected chi connectivity index (χ1v) is 7.01. The molecular weight excluding hydrogens is 240 g/mol. The van der Waals surface area contributed by atoms with Gasteiger partial charge in [-0.05, 0) is 30.9 Å². The van der Waals surface area contributed by atoms with Gasteiger partial charge in [-0.15, -0.1) is 0 Å². The minimum Gasteiger partial charge on any atom is -0.481 e. The van der Waals surface area contributed by atoms with Crippen molar-refractivity contribution in [3.05, 3.63) is 23.9 Å². The van der Waals surface area contributed by atoms with E-state index in [1.54, 1.807) is 13.3 Å². The lowest BCUT2D eigenvalue weighted by atomic mass is 9.79. The fraction of sp³-hybridized carbons (Fsp3) is 0.667. The summed E-state index contributed by atoms with van der Waals surface area (Å²) in [5.41, 5.74) is 6.78. The molecule has 0 amide bonds. The second-order valence-corrected chi connectivity index (χ2v) is 5.55. The molecule has 4 nitrogen and oxygen atoms in total. The molecule has 1 aliphatic carbocycles. The molecule has 2 atom stereocenters. The van der Waals surface area contributed by atoms with E-state index in [-0.39, 0.29) is 5.60 Å². The molecule has 0 saturated heterocycles. The minimum atomic E-state index is -0.168. The number of pyridine rings is 1. The second-order valence-electron chi connectivity index (χ2n) is 5.55. The number of nitrogens with zero attached hydrogens (tertiary/aromatic N) is 1. The summed E-state index contributed by atoms with van der Waals surface area (Å²) in [5.74, 6) is 1.33. The lowest BCUT2D eigenvalue weighted by Gasteiger charge is -2.39. The van der Waals surface area contributed by atoms with Gasteiger partial charge in [-0.2, -0.15) is 0 Å². The van der Waals surface area contributed by atoms with Crippen LogP contribution in [-0.2, 0) is 11.3 Å². The molecule has 0 radical (unpaired) electrons. The summed E-state index contributed by atoms with van der Waals surface area (Å²) in [4.78, 5) is 4.19. The van der Waals surface area contributed by atoms with Crippen molar-refractivity contribution in [2.45, 2.75) is 44.8 Å². The third-order valence-corrected chi connectivity index (χ3v) is 4.00. The highest BCUT2D eigenvalue weighted by Crippen LogP contribution is 2.35. The van der Waals surface area contributed by atoms with Crippen LogP contribution >= 0.6 is 0 Å². The maximum Gasteiger partial charge on any atom is 0.218 e. The molecule has 0 bridgehead atoms. The van der Waals surface area contributed by atoms with Gasteiger partial charge in [-0.25, -0.2) is 4.98 Å². The maximum absolute atomic E-state index is 6.17. The first-order chi connectivity index (χ1) is 9.19. The van der Waals surface area contributed by atoms with E-state index < -0.39 is 0 Å². The number of hydrogen-bond acceptors (Lipinski definition) is 4. The molecule has 1 aliphatic rings. The summed E-state index contributed by atoms with van der Waals surface area (Å²) in [5, 5.41) is 0. The summed E-state index contributed by atoms with van der Waals surface area (Å²) < 4.78 is 11.4. The van der Waals surface area contributed by atoms with Crippen molar-refractivity contribution < 1.29 is 9.47 Å². The normalized spacial score (nSPS) is 27.2. The Kier molecular flexibility index (Phi) is 4.77. The summed E-state index contributed by atoms with van der Waals surface area (Å²) in [6.45, 7) is 3.37. The highest BCUT2D eigenvalue weighted by Gasteiger charge is 2.34. The monoisotopic (exact) mass is 264 g/mol. The van der Waals surface area contributed by atoms with Gasteiger partial charge in [0.25, 0.3) is 0 Å². The predicted molar refractivity (Wildman–Crippen MR) is 75.0 cm³/mol. The number of hydrogen-bond donors (Lipinski definition) is 1. The molecular formula is C15H24N2O2. The van der Waals surface area contributed by atoms with Crippen LogP contribution in [-0.4, -0.2) is 24.2 Å². The molecule has 0 spiro atoms. The van der Waals surface area contributed by atoms with E-state index >= 15 is 0 Å². The first kappa shape index (κ1) is 14.3. The van der Waals surface area contributed by atoms with Crippen LogP contribution in [0.15, 0.2) is 18.3 Å². The lowest BCUT2D eigenvalue weighted by Crippen LogP contribution is -2.44. The third kappa shape index (κ3) is 3.45. The predicted octanol–water partition coefficient (Wildman–Crippen LogP) is 2.51. The van der Waals surface area contributed by atoms with Crippen LogP contribution in [0.3, 0.4) is 0 Å². The zero-order valence-corrected chi connectivity index (χ0v) is 11.9. The number of ether oxygens (including phenoxy) is 2. The maximum atomic E-state index is 6.17. The van der Waals surface area contributed by atoms with Gasteiger partial charge in [0.15, 0.2) is 0 Å². The van der Waals surface area contributed by atoms with E-state index in [0.717, 1.165) is 18.4 Å². The Balaban J connectivity index is 2.03. The van der Waals surface area contributed by atoms with Crippen molar-refractivity contribution in [1.29, 1.82) is 0 Å². The Labute approximate surface area is 115 Å². The number of aromatic nitrogens is 1. The van der Waals surface area contributed by atoms with Crippen LogP contribution in [0.4, 0.5) is 0 Å². The van der Waals surface area contributed by atoms with E-state index in [4.69, 9.17) is 15.2 Å². The van der Waals surface area contributed by atoms with E-state index in [0.29, 0.717) is 24.9 Å². The molecule has 1 fully saturated rings. The quantitative estimate of drug-likeness (QED) is 0.887. The van der Waals surface area contributed by atoms with Gasteiger partial charge in [0, 0.05) is 18.3 Å². The van der Waals surface area contributed by atoms with Crippen molar-refractivity contribution in [2.24, 2.45) is 11.7 Å². The molecule has 1 heterocycles. The molecule has 0 aliphatic heterocycles. The summed E-state index contributed by atoms with van der Waals surface area (Å²) in [6.07, 6.45) is 6.30. The molecule has 1 aromatic rings. The van der Waals surface area contributed by atoms with Gasteiger partial charge in [-0.1, -0.05) is 19.8 Å². The van der Waals surface area contributed by atoms with Gasteiger partial charge in [0.05, 0.1) is 19.3 Å². The molecule has 1 saturated carbocycles. The largest absolute Gasteiger partial charge is 0.481 e. The molecule has 2 unspecified atom stereocenters. The molecule has 0 aromatic carbocycles. The van der Waals surface area contributed by atoms with Gasteiger partial charge < -0.3 is 15.2 Å². The van der Waals surface area contributed by atoms with Crippen molar-refractivity contribution in [1.82, 2.24) is 4.98 Å². The summed E-state index contributed by atoms with van der Waals surface area (Å²) in [6, 6.07) is 3.89. The van der Waals surface area contributed by atoms with Gasteiger partial charge in [0.1, 0.15) is 0 Å². The first-order valence-electron chi connectivity index (χ1n) is 7.01. The highest BCUT2D eigenvalue weighted by atomic mass is 16.5. The van der Waals surface area contributed by atoms with Crippen LogP contribution in [0.2, 0.25) is 0 Å². The molecule has 2 N–H and O–H groups in total. The molecule has 19 heavy (non-hydrogen) atoms. The summed E-state index contributed by atoms with van der Waals surface area (Å²) in [7, 11) is 1.63. The standard InChI is InChI=1S/C15H24N2O2/c1-12-5-3-7-15(9-12,11-16)19-10-13-6-4-8-17-14(13)18-2/h4,6,8,12H,3,5,7,9-11,16H2,1-2H3. The van der Waals surface area contributed by atoms with Crippen LogP contribution in [0.5, 0.6) is 5.88 Å². The smallest absolute Gasteiger partial charge is 0.218 e. The fourth-order valence-corrected chi connectivity index (χ4v) is 2.94. The van der Waals surface area contributed by atoms with Crippen LogP contribution in [0.1, 0.15) is 38.2 Å². The van der Waals surface area contributed by atoms with Crippen LogP contribution in [0, 0.1) is 5.92 Å². The highest BCUT2D eigenvalue weighted by molar-refractivity contribution is 5.24. The fourth-order valence-electron chi connectivity index (χ4n) is 2.94. The van der Waals surface area contributed by atoms with E-state index in [9.17, 15) is 0 Å².